The molecule has 0 aromatic carbocycles. The first-order chi connectivity index (χ1) is 12.5. The number of ether oxygens (including phenoxy) is 1. The molecule has 1 aliphatic rings. The van der Waals surface area contributed by atoms with Crippen molar-refractivity contribution in [3.8, 4) is 0 Å². The molecule has 0 N–H and O–H groups in total. The number of pyridine rings is 1. The highest BCUT2D eigenvalue weighted by atomic mass is 35.5. The smallest absolute Gasteiger partial charge is 0.340 e. The first kappa shape index (κ1) is 18.9. The number of carbonyl (C=O) groups excluding carboxylic acids is 2. The lowest BCUT2D eigenvalue weighted by Crippen LogP contribution is -2.38. The molecule has 2 aromatic heterocycles. The summed E-state index contributed by atoms with van der Waals surface area (Å²) in [5.74, 6) is -0.206. The van der Waals surface area contributed by atoms with Gasteiger partial charge in [-0.3, -0.25) is 9.78 Å². The summed E-state index contributed by atoms with van der Waals surface area (Å²) in [5.41, 5.74) is 1.14. The van der Waals surface area contributed by atoms with Crippen molar-refractivity contribution in [3.05, 3.63) is 50.4 Å². The van der Waals surface area contributed by atoms with E-state index in [9.17, 15) is 9.59 Å². The van der Waals surface area contributed by atoms with Crippen molar-refractivity contribution in [2.45, 2.75) is 32.6 Å². The van der Waals surface area contributed by atoms with E-state index in [4.69, 9.17) is 16.3 Å². The molecule has 5 nitrogen and oxygen atoms in total. The van der Waals surface area contributed by atoms with E-state index in [1.165, 1.54) is 11.3 Å². The van der Waals surface area contributed by atoms with Gasteiger partial charge in [-0.2, -0.15) is 0 Å². The highest BCUT2D eigenvalue weighted by Gasteiger charge is 2.29. The Morgan fingerprint density at radius 2 is 2.08 bits per heavy atom. The molecule has 7 heteroatoms. The fraction of sp³-hybridized carbons (Fsp3) is 0.421. The van der Waals surface area contributed by atoms with Gasteiger partial charge in [0, 0.05) is 30.1 Å². The number of hydrogen-bond acceptors (Lipinski definition) is 5. The number of carbonyl (C=O) groups is 2. The van der Waals surface area contributed by atoms with E-state index in [1.54, 1.807) is 19.2 Å². The molecule has 138 valence electrons. The highest BCUT2D eigenvalue weighted by Crippen LogP contribution is 2.31. The summed E-state index contributed by atoms with van der Waals surface area (Å²) in [4.78, 5) is 33.0. The molecule has 1 fully saturated rings. The zero-order chi connectivity index (χ0) is 18.7. The largest absolute Gasteiger partial charge is 0.462 e. The number of hydrogen-bond donors (Lipinski definition) is 0. The molecule has 0 saturated carbocycles. The van der Waals surface area contributed by atoms with Crippen LogP contribution in [-0.4, -0.2) is 41.5 Å². The normalized spacial score (nSPS) is 15.1. The van der Waals surface area contributed by atoms with Crippen molar-refractivity contribution in [1.82, 2.24) is 9.88 Å². The van der Waals surface area contributed by atoms with Crippen LogP contribution in [0.2, 0.25) is 5.02 Å². The summed E-state index contributed by atoms with van der Waals surface area (Å²) in [6.07, 6.45) is 3.08. The average molecular weight is 393 g/mol. The third kappa shape index (κ3) is 4.07. The van der Waals surface area contributed by atoms with Crippen LogP contribution in [0.4, 0.5) is 0 Å². The number of amides is 1. The summed E-state index contributed by atoms with van der Waals surface area (Å²) < 4.78 is 5.13. The van der Waals surface area contributed by atoms with Crippen LogP contribution in [0.1, 0.15) is 56.3 Å². The Labute approximate surface area is 161 Å². The molecule has 1 amide bonds. The van der Waals surface area contributed by atoms with Gasteiger partial charge in [0.15, 0.2) is 0 Å². The van der Waals surface area contributed by atoms with Gasteiger partial charge >= 0.3 is 5.97 Å². The van der Waals surface area contributed by atoms with E-state index in [0.29, 0.717) is 36.0 Å². The molecular formula is C19H21ClN2O3S. The van der Waals surface area contributed by atoms with E-state index in [-0.39, 0.29) is 11.8 Å². The van der Waals surface area contributed by atoms with E-state index in [0.717, 1.165) is 22.6 Å². The lowest BCUT2D eigenvalue weighted by Gasteiger charge is -2.32. The maximum atomic E-state index is 12.6. The van der Waals surface area contributed by atoms with Crippen LogP contribution in [0.25, 0.3) is 0 Å². The van der Waals surface area contributed by atoms with Crippen LogP contribution in [0, 0.1) is 6.92 Å². The Hall–Kier alpha value is -1.92. The second-order valence-corrected chi connectivity index (χ2v) is 8.01. The fourth-order valence-corrected chi connectivity index (χ4v) is 4.20. The highest BCUT2D eigenvalue weighted by molar-refractivity contribution is 7.13. The number of piperidine rings is 1. The number of rotatable bonds is 4. The van der Waals surface area contributed by atoms with Crippen molar-refractivity contribution in [3.63, 3.8) is 0 Å². The van der Waals surface area contributed by atoms with Gasteiger partial charge < -0.3 is 9.64 Å². The lowest BCUT2D eigenvalue weighted by molar-refractivity contribution is 0.0521. The molecule has 0 aliphatic carbocycles. The number of nitrogens with zero attached hydrogens (tertiary/aromatic N) is 2. The van der Waals surface area contributed by atoms with E-state index in [1.807, 2.05) is 24.0 Å². The number of halogens is 1. The molecule has 3 heterocycles. The lowest BCUT2D eigenvalue weighted by atomic mass is 9.90. The molecule has 0 spiro atoms. The zero-order valence-electron chi connectivity index (χ0n) is 14.8. The van der Waals surface area contributed by atoms with Crippen molar-refractivity contribution >= 4 is 34.8 Å². The maximum Gasteiger partial charge on any atom is 0.340 e. The van der Waals surface area contributed by atoms with E-state index >= 15 is 0 Å². The van der Waals surface area contributed by atoms with Gasteiger partial charge in [-0.1, -0.05) is 11.6 Å². The van der Waals surface area contributed by atoms with Gasteiger partial charge in [0.25, 0.3) is 5.91 Å². The van der Waals surface area contributed by atoms with Gasteiger partial charge in [-0.15, -0.1) is 11.3 Å². The average Bonchev–Trinajstić information content (AvgIpc) is 3.08. The minimum absolute atomic E-state index is 0.0798. The predicted octanol–water partition coefficient (Wildman–Crippen LogP) is 4.30. The molecule has 3 rings (SSSR count). The van der Waals surface area contributed by atoms with E-state index in [2.05, 4.69) is 4.98 Å². The Balaban J connectivity index is 1.72. The first-order valence-corrected chi connectivity index (χ1v) is 9.87. The van der Waals surface area contributed by atoms with E-state index < -0.39 is 5.97 Å². The Kier molecular flexibility index (Phi) is 5.94. The van der Waals surface area contributed by atoms with Crippen LogP contribution in [0.5, 0.6) is 0 Å². The standard InChI is InChI=1S/C19H21ClN2O3S/c1-3-25-19(24)15-10-14(20)11-21-17(15)13-6-8-22(9-7-13)18(23)16-5-4-12(2)26-16/h4-5,10-11,13H,3,6-9H2,1-2H3. The summed E-state index contributed by atoms with van der Waals surface area (Å²) in [5, 5.41) is 0.414. The number of thiophene rings is 1. The summed E-state index contributed by atoms with van der Waals surface area (Å²) >= 11 is 7.53. The molecule has 1 saturated heterocycles. The summed E-state index contributed by atoms with van der Waals surface area (Å²) in [6, 6.07) is 5.47. The van der Waals surface area contributed by atoms with Crippen molar-refractivity contribution < 1.29 is 14.3 Å². The molecule has 0 bridgehead atoms. The predicted molar refractivity (Wildman–Crippen MR) is 102 cm³/mol. The van der Waals surface area contributed by atoms with Crippen LogP contribution in [-0.2, 0) is 4.74 Å². The van der Waals surface area contributed by atoms with Crippen LogP contribution < -0.4 is 0 Å². The van der Waals surface area contributed by atoms with Gasteiger partial charge in [-0.05, 0) is 44.9 Å². The third-order valence-corrected chi connectivity index (χ3v) is 5.70. The first-order valence-electron chi connectivity index (χ1n) is 8.68. The Morgan fingerprint density at radius 1 is 1.35 bits per heavy atom. The van der Waals surface area contributed by atoms with Crippen LogP contribution in [0.15, 0.2) is 24.4 Å². The Morgan fingerprint density at radius 3 is 2.69 bits per heavy atom. The second-order valence-electron chi connectivity index (χ2n) is 6.28. The fourth-order valence-electron chi connectivity index (χ4n) is 3.21. The minimum Gasteiger partial charge on any atom is -0.462 e. The number of aromatic nitrogens is 1. The second kappa shape index (κ2) is 8.18. The Bertz CT molecular complexity index is 813. The van der Waals surface area contributed by atoms with Gasteiger partial charge in [0.2, 0.25) is 0 Å². The molecule has 0 unspecified atom stereocenters. The minimum atomic E-state index is -0.398. The van der Waals surface area contributed by atoms with Gasteiger partial charge in [0.1, 0.15) is 0 Å². The molecule has 0 atom stereocenters. The number of esters is 1. The zero-order valence-corrected chi connectivity index (χ0v) is 16.4. The summed E-state index contributed by atoms with van der Waals surface area (Å²) in [6.45, 7) is 5.36. The molecule has 0 radical (unpaired) electrons. The number of likely N-dealkylation sites (tertiary alicyclic amines) is 1. The maximum absolute atomic E-state index is 12.6. The third-order valence-electron chi connectivity index (χ3n) is 4.50. The molecule has 26 heavy (non-hydrogen) atoms. The van der Waals surface area contributed by atoms with Crippen LogP contribution >= 0.6 is 22.9 Å². The number of aryl methyl sites for hydroxylation is 1. The van der Waals surface area contributed by atoms with Crippen LogP contribution in [0.3, 0.4) is 0 Å². The molecular weight excluding hydrogens is 372 g/mol. The molecule has 1 aliphatic heterocycles. The summed E-state index contributed by atoms with van der Waals surface area (Å²) in [7, 11) is 0. The SMILES string of the molecule is CCOC(=O)c1cc(Cl)cnc1C1CCN(C(=O)c2ccc(C)s2)CC1. The van der Waals surface area contributed by atoms with Crippen molar-refractivity contribution in [2.24, 2.45) is 0 Å². The molecule has 2 aromatic rings. The van der Waals surface area contributed by atoms with Gasteiger partial charge in [-0.25, -0.2) is 4.79 Å². The van der Waals surface area contributed by atoms with Crippen molar-refractivity contribution in [1.29, 1.82) is 0 Å². The topological polar surface area (TPSA) is 59.5 Å². The van der Waals surface area contributed by atoms with Gasteiger partial charge in [0.05, 0.1) is 27.8 Å². The monoisotopic (exact) mass is 392 g/mol. The quantitative estimate of drug-likeness (QED) is 0.728. The van der Waals surface area contributed by atoms with Crippen molar-refractivity contribution in [2.75, 3.05) is 19.7 Å².